The summed E-state index contributed by atoms with van der Waals surface area (Å²) in [6.07, 6.45) is 0.796. The predicted molar refractivity (Wildman–Crippen MR) is 84.9 cm³/mol. The van der Waals surface area contributed by atoms with Crippen molar-refractivity contribution in [2.24, 2.45) is 21.9 Å². The number of hydrogen-bond donors (Lipinski definition) is 1. The summed E-state index contributed by atoms with van der Waals surface area (Å²) in [7, 11) is 0. The van der Waals surface area contributed by atoms with Gasteiger partial charge >= 0.3 is 0 Å². The molecule has 4 nitrogen and oxygen atoms in total. The molecule has 0 amide bonds. The van der Waals surface area contributed by atoms with Crippen LogP contribution in [-0.2, 0) is 0 Å². The van der Waals surface area contributed by atoms with E-state index in [9.17, 15) is 0 Å². The second-order valence-electron chi connectivity index (χ2n) is 5.12. The van der Waals surface area contributed by atoms with Crippen LogP contribution in [0.2, 0.25) is 0 Å². The zero-order valence-corrected chi connectivity index (χ0v) is 11.9. The van der Waals surface area contributed by atoms with E-state index in [0.717, 1.165) is 29.2 Å². The van der Waals surface area contributed by atoms with Crippen molar-refractivity contribution in [3.63, 3.8) is 0 Å². The number of nitrogens with zero attached hydrogens (tertiary/aromatic N) is 2. The molecule has 0 saturated carbocycles. The molecule has 3 rings (SSSR count). The van der Waals surface area contributed by atoms with Crippen LogP contribution in [0.5, 0.6) is 11.5 Å². The van der Waals surface area contributed by atoms with Crippen LogP contribution in [-0.4, -0.2) is 11.5 Å². The summed E-state index contributed by atoms with van der Waals surface area (Å²) in [5, 5.41) is 8.23. The molecule has 0 aliphatic carbocycles. The summed E-state index contributed by atoms with van der Waals surface area (Å²) < 4.78 is 5.84. The van der Waals surface area contributed by atoms with E-state index < -0.39 is 0 Å². The van der Waals surface area contributed by atoms with Crippen LogP contribution in [0.15, 0.2) is 64.8 Å². The lowest BCUT2D eigenvalue weighted by atomic mass is 9.97. The van der Waals surface area contributed by atoms with E-state index in [4.69, 9.17) is 10.5 Å². The Labute approximate surface area is 124 Å². The second-order valence-corrected chi connectivity index (χ2v) is 5.12. The van der Waals surface area contributed by atoms with Gasteiger partial charge in [-0.15, -0.1) is 5.10 Å². The molecule has 1 aliphatic heterocycles. The van der Waals surface area contributed by atoms with Crippen molar-refractivity contribution in [3.05, 3.63) is 60.2 Å². The summed E-state index contributed by atoms with van der Waals surface area (Å²) in [5.74, 6) is 2.42. The molecule has 0 saturated heterocycles. The molecule has 2 aromatic rings. The highest BCUT2D eigenvalue weighted by molar-refractivity contribution is 6.05. The van der Waals surface area contributed by atoms with Gasteiger partial charge in [0.1, 0.15) is 17.3 Å². The fraction of sp³-hybridized carbons (Fsp3) is 0.176. The molecule has 1 heterocycles. The van der Waals surface area contributed by atoms with E-state index in [0.29, 0.717) is 5.84 Å². The van der Waals surface area contributed by atoms with Crippen LogP contribution < -0.4 is 10.5 Å². The van der Waals surface area contributed by atoms with Crippen LogP contribution in [0.4, 0.5) is 0 Å². The number of benzene rings is 2. The van der Waals surface area contributed by atoms with Crippen molar-refractivity contribution in [1.29, 1.82) is 0 Å². The molecule has 0 bridgehead atoms. The zero-order chi connectivity index (χ0) is 14.7. The molecule has 1 atom stereocenters. The first-order valence-corrected chi connectivity index (χ1v) is 6.95. The van der Waals surface area contributed by atoms with E-state index in [1.807, 2.05) is 54.6 Å². The number of rotatable bonds is 3. The standard InChI is InChI=1S/C17H17N3O/c1-12-10-16(19-20-17(12)18)13-6-5-9-15(11-13)21-14-7-3-2-4-8-14/h2-9,11-12H,10H2,1H3,(H2,18,20). The first-order valence-electron chi connectivity index (χ1n) is 6.95. The number of amidine groups is 1. The van der Waals surface area contributed by atoms with Crippen LogP contribution >= 0.6 is 0 Å². The second kappa shape index (κ2) is 5.79. The highest BCUT2D eigenvalue weighted by atomic mass is 16.5. The Morgan fingerprint density at radius 2 is 1.76 bits per heavy atom. The monoisotopic (exact) mass is 279 g/mol. The highest BCUT2D eigenvalue weighted by Crippen LogP contribution is 2.24. The van der Waals surface area contributed by atoms with Gasteiger partial charge in [0.25, 0.3) is 0 Å². The zero-order valence-electron chi connectivity index (χ0n) is 11.9. The molecular weight excluding hydrogens is 262 g/mol. The minimum Gasteiger partial charge on any atom is -0.457 e. The summed E-state index contributed by atoms with van der Waals surface area (Å²) >= 11 is 0. The van der Waals surface area contributed by atoms with Gasteiger partial charge in [-0.2, -0.15) is 5.10 Å². The van der Waals surface area contributed by atoms with Gasteiger partial charge in [0, 0.05) is 17.9 Å². The number of hydrogen-bond acceptors (Lipinski definition) is 4. The lowest BCUT2D eigenvalue weighted by Crippen LogP contribution is -2.26. The molecule has 0 radical (unpaired) electrons. The topological polar surface area (TPSA) is 60.0 Å². The quantitative estimate of drug-likeness (QED) is 0.933. The van der Waals surface area contributed by atoms with Gasteiger partial charge in [-0.3, -0.25) is 0 Å². The van der Waals surface area contributed by atoms with Crippen LogP contribution in [0.25, 0.3) is 0 Å². The lowest BCUT2D eigenvalue weighted by Gasteiger charge is -2.16. The molecule has 2 N–H and O–H groups in total. The molecule has 4 heteroatoms. The molecule has 1 unspecified atom stereocenters. The Hall–Kier alpha value is -2.62. The fourth-order valence-corrected chi connectivity index (χ4v) is 2.19. The van der Waals surface area contributed by atoms with E-state index in [-0.39, 0.29) is 5.92 Å². The van der Waals surface area contributed by atoms with Crippen LogP contribution in [0, 0.1) is 5.92 Å². The maximum Gasteiger partial charge on any atom is 0.128 e. The van der Waals surface area contributed by atoms with Gasteiger partial charge in [-0.1, -0.05) is 37.3 Å². The SMILES string of the molecule is CC1CC(c2cccc(Oc3ccccc3)c2)=NN=C1N. The lowest BCUT2D eigenvalue weighted by molar-refractivity contribution is 0.482. The number of ether oxygens (including phenoxy) is 1. The predicted octanol–water partition coefficient (Wildman–Crippen LogP) is 3.58. The summed E-state index contributed by atoms with van der Waals surface area (Å²) in [6.45, 7) is 2.05. The van der Waals surface area contributed by atoms with Crippen molar-refractivity contribution in [3.8, 4) is 11.5 Å². The first kappa shape index (κ1) is 13.4. The molecular formula is C17H17N3O. The van der Waals surface area contributed by atoms with Gasteiger partial charge < -0.3 is 10.5 Å². The van der Waals surface area contributed by atoms with E-state index in [1.165, 1.54) is 0 Å². The number of para-hydroxylation sites is 1. The number of nitrogens with two attached hydrogens (primary N) is 1. The van der Waals surface area contributed by atoms with Crippen molar-refractivity contribution in [2.45, 2.75) is 13.3 Å². The van der Waals surface area contributed by atoms with Gasteiger partial charge in [-0.25, -0.2) is 0 Å². The van der Waals surface area contributed by atoms with Crippen LogP contribution in [0.3, 0.4) is 0 Å². The first-order chi connectivity index (χ1) is 10.2. The summed E-state index contributed by atoms with van der Waals surface area (Å²) in [4.78, 5) is 0. The van der Waals surface area contributed by atoms with E-state index in [2.05, 4.69) is 17.1 Å². The molecule has 0 aromatic heterocycles. The Kier molecular flexibility index (Phi) is 3.69. The Bertz CT molecular complexity index is 692. The Morgan fingerprint density at radius 3 is 2.52 bits per heavy atom. The minimum absolute atomic E-state index is 0.219. The molecule has 0 spiro atoms. The third-order valence-corrected chi connectivity index (χ3v) is 3.44. The molecule has 0 fully saturated rings. The Morgan fingerprint density at radius 1 is 1.00 bits per heavy atom. The van der Waals surface area contributed by atoms with Gasteiger partial charge in [-0.05, 0) is 24.3 Å². The maximum atomic E-state index is 5.84. The van der Waals surface area contributed by atoms with Gasteiger partial charge in [0.05, 0.1) is 5.71 Å². The average molecular weight is 279 g/mol. The highest BCUT2D eigenvalue weighted by Gasteiger charge is 2.17. The van der Waals surface area contributed by atoms with Crippen LogP contribution in [0.1, 0.15) is 18.9 Å². The normalized spacial score (nSPS) is 17.9. The van der Waals surface area contributed by atoms with Crippen molar-refractivity contribution in [2.75, 3.05) is 0 Å². The van der Waals surface area contributed by atoms with Crippen molar-refractivity contribution >= 4 is 11.5 Å². The minimum atomic E-state index is 0.219. The largest absolute Gasteiger partial charge is 0.457 e. The average Bonchev–Trinajstić information content (AvgIpc) is 2.51. The van der Waals surface area contributed by atoms with E-state index in [1.54, 1.807) is 0 Å². The maximum absolute atomic E-state index is 5.84. The van der Waals surface area contributed by atoms with Gasteiger partial charge in [0.15, 0.2) is 0 Å². The Balaban J connectivity index is 1.84. The van der Waals surface area contributed by atoms with Crippen molar-refractivity contribution in [1.82, 2.24) is 0 Å². The van der Waals surface area contributed by atoms with Crippen molar-refractivity contribution < 1.29 is 4.74 Å². The van der Waals surface area contributed by atoms with Gasteiger partial charge in [0.2, 0.25) is 0 Å². The van der Waals surface area contributed by atoms with E-state index >= 15 is 0 Å². The third kappa shape index (κ3) is 3.11. The smallest absolute Gasteiger partial charge is 0.128 e. The fourth-order valence-electron chi connectivity index (χ4n) is 2.19. The third-order valence-electron chi connectivity index (χ3n) is 3.44. The summed E-state index contributed by atoms with van der Waals surface area (Å²) in [5.41, 5.74) is 7.73. The molecule has 1 aliphatic rings. The summed E-state index contributed by atoms with van der Waals surface area (Å²) in [6, 6.07) is 17.6. The molecule has 2 aromatic carbocycles. The molecule has 106 valence electrons. The molecule has 21 heavy (non-hydrogen) atoms.